The van der Waals surface area contributed by atoms with Crippen molar-refractivity contribution >= 4 is 23.8 Å². The molecule has 2 rings (SSSR count). The third-order valence-corrected chi connectivity index (χ3v) is 3.42. The molecule has 1 amide bonds. The lowest BCUT2D eigenvalue weighted by Crippen LogP contribution is -2.59. The molecule has 3 N–H and O–H groups in total. The van der Waals surface area contributed by atoms with Gasteiger partial charge in [-0.15, -0.1) is 0 Å². The van der Waals surface area contributed by atoms with Crippen LogP contribution in [-0.2, 0) is 9.59 Å². The van der Waals surface area contributed by atoms with E-state index < -0.39 is 11.6 Å². The van der Waals surface area contributed by atoms with E-state index in [0.717, 1.165) is 4.90 Å². The molecule has 1 fully saturated rings. The zero-order chi connectivity index (χ0) is 14.2. The van der Waals surface area contributed by atoms with Gasteiger partial charge >= 0.3 is 5.97 Å². The predicted molar refractivity (Wildman–Crippen MR) is 68.4 cm³/mol. The minimum Gasteiger partial charge on any atom is -0.478 e. The molecule has 2 aliphatic heterocycles. The highest BCUT2D eigenvalue weighted by Crippen LogP contribution is 2.34. The van der Waals surface area contributed by atoms with Crippen LogP contribution >= 0.6 is 0 Å². The number of fused-ring (bicyclic) bond motifs is 1. The van der Waals surface area contributed by atoms with Gasteiger partial charge < -0.3 is 15.7 Å². The smallest absolute Gasteiger partial charge is 0.353 e. The number of rotatable bonds is 3. The highest BCUT2D eigenvalue weighted by Gasteiger charge is 2.55. The number of nitrogens with two attached hydrogens (primary N) is 1. The van der Waals surface area contributed by atoms with Crippen LogP contribution in [0.2, 0.25) is 0 Å². The number of hydrogen-bond acceptors (Lipinski definition) is 6. The number of carbonyl (C=O) groups is 2. The Morgan fingerprint density at radius 3 is 2.68 bits per heavy atom. The maximum Gasteiger partial charge on any atom is 0.353 e. The van der Waals surface area contributed by atoms with Crippen LogP contribution in [0.15, 0.2) is 9.98 Å². The summed E-state index contributed by atoms with van der Waals surface area (Å²) in [4.78, 5) is 34.4. The number of guanidine groups is 2. The SMILES string of the molecule is CCN(CC)C1=NC2(C(=O)O)CCC(=O)N2C(N)=N1. The summed E-state index contributed by atoms with van der Waals surface area (Å²) in [7, 11) is 0. The Hall–Kier alpha value is -2.12. The van der Waals surface area contributed by atoms with Crippen molar-refractivity contribution in [3.63, 3.8) is 0 Å². The van der Waals surface area contributed by atoms with Crippen molar-refractivity contribution in [2.75, 3.05) is 13.1 Å². The number of carboxylic acids is 1. The van der Waals surface area contributed by atoms with Gasteiger partial charge in [0.2, 0.25) is 23.5 Å². The monoisotopic (exact) mass is 267 g/mol. The fraction of sp³-hybridized carbons (Fsp3) is 0.636. The standard InChI is InChI=1S/C11H17N5O3/c1-3-15(4-2)10-13-9(12)16-7(17)5-6-11(16,14-10)8(18)19/h3-6H2,1-2H3,(H,18,19)(H2,12,13,14). The van der Waals surface area contributed by atoms with Gasteiger partial charge in [-0.25, -0.2) is 14.7 Å². The quantitative estimate of drug-likeness (QED) is 0.710. The van der Waals surface area contributed by atoms with Gasteiger partial charge in [-0.1, -0.05) is 0 Å². The van der Waals surface area contributed by atoms with E-state index in [-0.39, 0.29) is 30.7 Å². The summed E-state index contributed by atoms with van der Waals surface area (Å²) in [6.07, 6.45) is 0.222. The van der Waals surface area contributed by atoms with Gasteiger partial charge in [-0.2, -0.15) is 4.99 Å². The van der Waals surface area contributed by atoms with Crippen LogP contribution in [0.1, 0.15) is 26.7 Å². The Labute approximate surface area is 110 Å². The van der Waals surface area contributed by atoms with Crippen LogP contribution in [0.5, 0.6) is 0 Å². The summed E-state index contributed by atoms with van der Waals surface area (Å²) in [6.45, 7) is 5.10. The van der Waals surface area contributed by atoms with Gasteiger partial charge in [0, 0.05) is 25.9 Å². The summed E-state index contributed by atoms with van der Waals surface area (Å²) in [5, 5.41) is 9.45. The summed E-state index contributed by atoms with van der Waals surface area (Å²) >= 11 is 0. The van der Waals surface area contributed by atoms with Crippen LogP contribution in [0.25, 0.3) is 0 Å². The maximum atomic E-state index is 11.8. The maximum absolute atomic E-state index is 11.8. The lowest BCUT2D eigenvalue weighted by molar-refractivity contribution is -0.150. The number of amides is 1. The van der Waals surface area contributed by atoms with Gasteiger partial charge in [0.25, 0.3) is 0 Å². The van der Waals surface area contributed by atoms with Crippen molar-refractivity contribution < 1.29 is 14.7 Å². The number of nitrogens with zero attached hydrogens (tertiary/aromatic N) is 4. The van der Waals surface area contributed by atoms with Crippen molar-refractivity contribution in [2.24, 2.45) is 15.7 Å². The first-order valence-corrected chi connectivity index (χ1v) is 6.21. The lowest BCUT2D eigenvalue weighted by Gasteiger charge is -2.35. The zero-order valence-corrected chi connectivity index (χ0v) is 11.0. The Balaban J connectivity index is 2.51. The van der Waals surface area contributed by atoms with Gasteiger partial charge in [0.1, 0.15) is 0 Å². The molecule has 2 heterocycles. The molecule has 0 aromatic heterocycles. The molecule has 0 saturated carbocycles. The topological polar surface area (TPSA) is 112 Å². The first-order valence-electron chi connectivity index (χ1n) is 6.21. The molecule has 0 bridgehead atoms. The first-order chi connectivity index (χ1) is 8.96. The van der Waals surface area contributed by atoms with Crippen LogP contribution in [0.4, 0.5) is 0 Å². The van der Waals surface area contributed by atoms with E-state index in [1.54, 1.807) is 4.90 Å². The molecule has 8 heteroatoms. The average Bonchev–Trinajstić information content (AvgIpc) is 2.70. The molecule has 0 radical (unpaired) electrons. The van der Waals surface area contributed by atoms with Gasteiger partial charge in [-0.3, -0.25) is 4.79 Å². The van der Waals surface area contributed by atoms with E-state index in [1.165, 1.54) is 0 Å². The molecule has 0 spiro atoms. The Kier molecular flexibility index (Phi) is 3.17. The second kappa shape index (κ2) is 4.52. The zero-order valence-electron chi connectivity index (χ0n) is 11.0. The van der Waals surface area contributed by atoms with E-state index in [4.69, 9.17) is 5.73 Å². The summed E-state index contributed by atoms with van der Waals surface area (Å²) in [6, 6.07) is 0. The van der Waals surface area contributed by atoms with Crippen LogP contribution in [-0.4, -0.2) is 57.5 Å². The Morgan fingerprint density at radius 2 is 2.16 bits per heavy atom. The van der Waals surface area contributed by atoms with E-state index >= 15 is 0 Å². The van der Waals surface area contributed by atoms with E-state index in [2.05, 4.69) is 9.98 Å². The molecule has 2 aliphatic rings. The molecular formula is C11H17N5O3. The van der Waals surface area contributed by atoms with Crippen molar-refractivity contribution in [1.82, 2.24) is 9.80 Å². The van der Waals surface area contributed by atoms with Crippen LogP contribution in [0, 0.1) is 0 Å². The molecule has 0 aliphatic carbocycles. The number of aliphatic carboxylic acids is 1. The number of carboxylic acid groups (broad SMARTS) is 1. The molecule has 104 valence electrons. The molecule has 19 heavy (non-hydrogen) atoms. The average molecular weight is 267 g/mol. The van der Waals surface area contributed by atoms with Crippen molar-refractivity contribution in [1.29, 1.82) is 0 Å². The second-order valence-electron chi connectivity index (χ2n) is 4.41. The third-order valence-electron chi connectivity index (χ3n) is 3.42. The van der Waals surface area contributed by atoms with Gasteiger partial charge in [-0.05, 0) is 13.8 Å². The van der Waals surface area contributed by atoms with E-state index in [9.17, 15) is 14.7 Å². The number of hydrogen-bond donors (Lipinski definition) is 2. The molecular weight excluding hydrogens is 250 g/mol. The molecule has 1 unspecified atom stereocenters. The highest BCUT2D eigenvalue weighted by atomic mass is 16.4. The molecule has 1 atom stereocenters. The molecule has 8 nitrogen and oxygen atoms in total. The summed E-state index contributed by atoms with van der Waals surface area (Å²) in [5.41, 5.74) is 4.13. The fourth-order valence-corrected chi connectivity index (χ4v) is 2.38. The van der Waals surface area contributed by atoms with Crippen LogP contribution in [0.3, 0.4) is 0 Å². The molecule has 0 aromatic carbocycles. The molecule has 1 saturated heterocycles. The lowest BCUT2D eigenvalue weighted by atomic mass is 10.1. The Bertz CT molecular complexity index is 483. The normalized spacial score (nSPS) is 25.8. The summed E-state index contributed by atoms with van der Waals surface area (Å²) < 4.78 is 0. The van der Waals surface area contributed by atoms with E-state index in [0.29, 0.717) is 13.1 Å². The summed E-state index contributed by atoms with van der Waals surface area (Å²) in [5.74, 6) is -1.36. The highest BCUT2D eigenvalue weighted by molar-refractivity contribution is 6.10. The number of aliphatic imine (C=N–C) groups is 2. The van der Waals surface area contributed by atoms with E-state index in [1.807, 2.05) is 13.8 Å². The molecule has 0 aromatic rings. The van der Waals surface area contributed by atoms with Crippen molar-refractivity contribution in [2.45, 2.75) is 32.4 Å². The second-order valence-corrected chi connectivity index (χ2v) is 4.41. The van der Waals surface area contributed by atoms with Crippen molar-refractivity contribution in [3.05, 3.63) is 0 Å². The number of carbonyl (C=O) groups excluding carboxylic acids is 1. The predicted octanol–water partition coefficient (Wildman–Crippen LogP) is -0.584. The van der Waals surface area contributed by atoms with Crippen molar-refractivity contribution in [3.8, 4) is 0 Å². The minimum absolute atomic E-state index is 0.0956. The Morgan fingerprint density at radius 1 is 1.53 bits per heavy atom. The van der Waals surface area contributed by atoms with Gasteiger partial charge in [0.15, 0.2) is 0 Å². The minimum atomic E-state index is -1.62. The van der Waals surface area contributed by atoms with Gasteiger partial charge in [0.05, 0.1) is 0 Å². The largest absolute Gasteiger partial charge is 0.478 e. The first kappa shape index (κ1) is 13.3. The van der Waals surface area contributed by atoms with Crippen LogP contribution < -0.4 is 5.73 Å². The third kappa shape index (κ3) is 1.83. The fourth-order valence-electron chi connectivity index (χ4n) is 2.38.